The Labute approximate surface area is 116 Å². The van der Waals surface area contributed by atoms with E-state index in [2.05, 4.69) is 15.4 Å². The Balaban J connectivity index is 2.12. The third-order valence-corrected chi connectivity index (χ3v) is 3.16. The van der Waals surface area contributed by atoms with Crippen molar-refractivity contribution < 1.29 is 9.59 Å². The predicted octanol–water partition coefficient (Wildman–Crippen LogP) is -0.739. The van der Waals surface area contributed by atoms with Gasteiger partial charge in [0, 0.05) is 31.4 Å². The van der Waals surface area contributed by atoms with Gasteiger partial charge in [-0.3, -0.25) is 9.59 Å². The summed E-state index contributed by atoms with van der Waals surface area (Å²) in [5.41, 5.74) is 3.20. The van der Waals surface area contributed by atoms with Crippen molar-refractivity contribution in [2.75, 3.05) is 25.1 Å². The van der Waals surface area contributed by atoms with Gasteiger partial charge in [0.2, 0.25) is 0 Å². The summed E-state index contributed by atoms with van der Waals surface area (Å²) in [4.78, 5) is 35.2. The molecule has 108 valence electrons. The van der Waals surface area contributed by atoms with E-state index in [-0.39, 0.29) is 6.54 Å². The number of hydrogen-bond donors (Lipinski definition) is 2. The molecule has 8 nitrogen and oxygen atoms in total. The highest BCUT2D eigenvalue weighted by molar-refractivity contribution is 6.35. The van der Waals surface area contributed by atoms with Crippen LogP contribution in [0.25, 0.3) is 0 Å². The molecule has 0 unspecified atom stereocenters. The minimum atomic E-state index is -0.509. The van der Waals surface area contributed by atoms with Crippen LogP contribution in [0.15, 0.2) is 6.07 Å². The van der Waals surface area contributed by atoms with Gasteiger partial charge in [0.15, 0.2) is 0 Å². The van der Waals surface area contributed by atoms with Crippen LogP contribution in [0.2, 0.25) is 0 Å². The quantitative estimate of drug-likeness (QED) is 0.427. The fourth-order valence-corrected chi connectivity index (χ4v) is 2.11. The zero-order valence-electron chi connectivity index (χ0n) is 11.6. The van der Waals surface area contributed by atoms with Crippen molar-refractivity contribution in [3.8, 4) is 0 Å². The van der Waals surface area contributed by atoms with Gasteiger partial charge in [-0.2, -0.15) is 0 Å². The molecule has 1 aromatic rings. The highest BCUT2D eigenvalue weighted by atomic mass is 16.2. The number of likely N-dealkylation sites (N-methyl/N-ethyl adjacent to an activating group) is 1. The fourth-order valence-electron chi connectivity index (χ4n) is 2.11. The summed E-state index contributed by atoms with van der Waals surface area (Å²) < 4.78 is 0. The van der Waals surface area contributed by atoms with Gasteiger partial charge in [0.25, 0.3) is 0 Å². The van der Waals surface area contributed by atoms with Crippen molar-refractivity contribution in [3.63, 3.8) is 0 Å². The lowest BCUT2D eigenvalue weighted by Gasteiger charge is -2.32. The number of nitrogens with two attached hydrogens (primary N) is 1. The summed E-state index contributed by atoms with van der Waals surface area (Å²) in [6, 6.07) is 1.70. The summed E-state index contributed by atoms with van der Waals surface area (Å²) >= 11 is 0. The number of aromatic nitrogens is 2. The second-order valence-electron chi connectivity index (χ2n) is 4.57. The van der Waals surface area contributed by atoms with Gasteiger partial charge < -0.3 is 15.2 Å². The molecular formula is C12H18N6O2. The third kappa shape index (κ3) is 2.85. The number of nitrogens with zero attached hydrogens (tertiary/aromatic N) is 4. The van der Waals surface area contributed by atoms with E-state index >= 15 is 0 Å². The molecule has 0 aromatic carbocycles. The van der Waals surface area contributed by atoms with E-state index in [1.165, 1.54) is 9.80 Å². The number of carbonyl (C=O) groups excluding carboxylic acids is 2. The SMILES string of the molecule is CCN1CCN(Cc2nc(C)cc(NN)n2)C(=O)C1=O. The lowest BCUT2D eigenvalue weighted by Crippen LogP contribution is -2.53. The lowest BCUT2D eigenvalue weighted by atomic mass is 10.3. The largest absolute Gasteiger partial charge is 0.333 e. The Morgan fingerprint density at radius 3 is 2.55 bits per heavy atom. The highest BCUT2D eigenvalue weighted by Gasteiger charge is 2.31. The monoisotopic (exact) mass is 278 g/mol. The van der Waals surface area contributed by atoms with Gasteiger partial charge in [-0.15, -0.1) is 0 Å². The zero-order valence-corrected chi connectivity index (χ0v) is 11.6. The van der Waals surface area contributed by atoms with Gasteiger partial charge in [-0.1, -0.05) is 0 Å². The second-order valence-corrected chi connectivity index (χ2v) is 4.57. The molecule has 1 saturated heterocycles. The van der Waals surface area contributed by atoms with Crippen LogP contribution in [-0.2, 0) is 16.1 Å². The van der Waals surface area contributed by atoms with Gasteiger partial charge >= 0.3 is 11.8 Å². The normalized spacial score (nSPS) is 15.8. The molecule has 2 rings (SSSR count). The summed E-state index contributed by atoms with van der Waals surface area (Å²) in [6.07, 6.45) is 0. The Morgan fingerprint density at radius 2 is 1.90 bits per heavy atom. The molecule has 2 heterocycles. The minimum Gasteiger partial charge on any atom is -0.333 e. The number of anilines is 1. The summed E-state index contributed by atoms with van der Waals surface area (Å²) in [6.45, 7) is 5.44. The molecule has 0 spiro atoms. The minimum absolute atomic E-state index is 0.207. The molecule has 3 N–H and O–H groups in total. The van der Waals surface area contributed by atoms with Crippen molar-refractivity contribution >= 4 is 17.6 Å². The first-order valence-corrected chi connectivity index (χ1v) is 6.44. The highest BCUT2D eigenvalue weighted by Crippen LogP contribution is 2.10. The molecule has 0 radical (unpaired) electrons. The Hall–Kier alpha value is -2.22. The van der Waals surface area contributed by atoms with Crippen molar-refractivity contribution in [1.29, 1.82) is 0 Å². The molecular weight excluding hydrogens is 260 g/mol. The number of piperazine rings is 1. The number of aryl methyl sites for hydroxylation is 1. The number of hydrazine groups is 1. The second kappa shape index (κ2) is 5.83. The first kappa shape index (κ1) is 14.2. The summed E-state index contributed by atoms with van der Waals surface area (Å²) in [5.74, 6) is 5.29. The Bertz CT molecular complexity index is 533. The molecule has 20 heavy (non-hydrogen) atoms. The van der Waals surface area contributed by atoms with Crippen LogP contribution < -0.4 is 11.3 Å². The van der Waals surface area contributed by atoms with Crippen LogP contribution in [0.3, 0.4) is 0 Å². The number of amides is 2. The molecule has 1 fully saturated rings. The van der Waals surface area contributed by atoms with Crippen LogP contribution >= 0.6 is 0 Å². The van der Waals surface area contributed by atoms with E-state index in [9.17, 15) is 9.59 Å². The number of rotatable bonds is 4. The lowest BCUT2D eigenvalue weighted by molar-refractivity contribution is -0.156. The zero-order chi connectivity index (χ0) is 14.7. The van der Waals surface area contributed by atoms with E-state index in [1.54, 1.807) is 6.07 Å². The maximum atomic E-state index is 12.0. The van der Waals surface area contributed by atoms with E-state index < -0.39 is 11.8 Å². The van der Waals surface area contributed by atoms with Crippen molar-refractivity contribution in [2.45, 2.75) is 20.4 Å². The van der Waals surface area contributed by atoms with E-state index in [0.717, 1.165) is 5.69 Å². The maximum absolute atomic E-state index is 12.0. The molecule has 0 atom stereocenters. The molecule has 8 heteroatoms. The maximum Gasteiger partial charge on any atom is 0.312 e. The molecule has 0 aliphatic carbocycles. The van der Waals surface area contributed by atoms with E-state index in [1.807, 2.05) is 13.8 Å². The number of carbonyl (C=O) groups is 2. The predicted molar refractivity (Wildman–Crippen MR) is 72.3 cm³/mol. The summed E-state index contributed by atoms with van der Waals surface area (Å²) in [7, 11) is 0. The smallest absolute Gasteiger partial charge is 0.312 e. The number of nitrogen functional groups attached to an aromatic ring is 1. The first-order valence-electron chi connectivity index (χ1n) is 6.44. The molecule has 0 bridgehead atoms. The van der Waals surface area contributed by atoms with E-state index in [0.29, 0.717) is 31.3 Å². The molecule has 2 amide bonds. The fraction of sp³-hybridized carbons (Fsp3) is 0.500. The third-order valence-electron chi connectivity index (χ3n) is 3.16. The number of hydrogen-bond acceptors (Lipinski definition) is 6. The molecule has 1 aliphatic rings. The van der Waals surface area contributed by atoms with Crippen LogP contribution in [0, 0.1) is 6.92 Å². The van der Waals surface area contributed by atoms with Gasteiger partial charge in [0.05, 0.1) is 6.54 Å². The van der Waals surface area contributed by atoms with Crippen molar-refractivity contribution in [2.24, 2.45) is 5.84 Å². The van der Waals surface area contributed by atoms with Crippen LogP contribution in [-0.4, -0.2) is 51.2 Å². The molecule has 0 saturated carbocycles. The van der Waals surface area contributed by atoms with Crippen LogP contribution in [0.5, 0.6) is 0 Å². The Morgan fingerprint density at radius 1 is 1.25 bits per heavy atom. The van der Waals surface area contributed by atoms with Crippen LogP contribution in [0.4, 0.5) is 5.82 Å². The molecule has 1 aliphatic heterocycles. The van der Waals surface area contributed by atoms with Crippen molar-refractivity contribution in [3.05, 3.63) is 17.6 Å². The first-order chi connectivity index (χ1) is 9.55. The van der Waals surface area contributed by atoms with E-state index in [4.69, 9.17) is 5.84 Å². The van der Waals surface area contributed by atoms with Gasteiger partial charge in [-0.05, 0) is 13.8 Å². The Kier molecular flexibility index (Phi) is 4.14. The van der Waals surface area contributed by atoms with Gasteiger partial charge in [-0.25, -0.2) is 15.8 Å². The average molecular weight is 278 g/mol. The van der Waals surface area contributed by atoms with Gasteiger partial charge in [0.1, 0.15) is 11.6 Å². The summed E-state index contributed by atoms with van der Waals surface area (Å²) in [5, 5.41) is 0. The van der Waals surface area contributed by atoms with Crippen molar-refractivity contribution in [1.82, 2.24) is 19.8 Å². The van der Waals surface area contributed by atoms with Crippen LogP contribution in [0.1, 0.15) is 18.4 Å². The standard InChI is InChI=1S/C12H18N6O2/c1-3-17-4-5-18(12(20)11(17)19)7-10-14-8(2)6-9(15-10)16-13/h6H,3-5,7,13H2,1-2H3,(H,14,15,16). The molecule has 1 aromatic heterocycles. The topological polar surface area (TPSA) is 104 Å². The number of nitrogens with one attached hydrogen (secondary N) is 1. The average Bonchev–Trinajstić information content (AvgIpc) is 2.43.